The predicted octanol–water partition coefficient (Wildman–Crippen LogP) is 3.29. The van der Waals surface area contributed by atoms with Gasteiger partial charge >= 0.3 is 5.91 Å². The molecule has 0 spiro atoms. The zero-order chi connectivity index (χ0) is 19.1. The number of amides is 1. The van der Waals surface area contributed by atoms with Gasteiger partial charge in [0, 0.05) is 10.6 Å². The van der Waals surface area contributed by atoms with Crippen LogP contribution in [-0.4, -0.2) is 35.8 Å². The van der Waals surface area contributed by atoms with E-state index in [2.05, 4.69) is 16.2 Å². The van der Waals surface area contributed by atoms with Crippen LogP contribution in [0.4, 0.5) is 14.5 Å². The third-order valence-electron chi connectivity index (χ3n) is 2.98. The highest BCUT2D eigenvalue weighted by Crippen LogP contribution is 2.26. The Hall–Kier alpha value is -2.17. The summed E-state index contributed by atoms with van der Waals surface area (Å²) in [6.45, 7) is 0.584. The second-order valence-corrected chi connectivity index (χ2v) is 6.91. The van der Waals surface area contributed by atoms with Crippen molar-refractivity contribution in [1.29, 1.82) is 0 Å². The van der Waals surface area contributed by atoms with Crippen LogP contribution in [0.5, 0.6) is 0 Å². The molecule has 1 heterocycles. The number of thioether (sulfide) groups is 1. The highest BCUT2D eigenvalue weighted by Gasteiger charge is 2.12. The van der Waals surface area contributed by atoms with Gasteiger partial charge in [-0.25, -0.2) is 0 Å². The number of carbonyl (C=O) groups excluding carboxylic acids is 1. The number of hydrogen-bond acceptors (Lipinski definition) is 5. The maximum absolute atomic E-state index is 12.3. The van der Waals surface area contributed by atoms with Crippen molar-refractivity contribution in [3.8, 4) is 0 Å². The van der Waals surface area contributed by atoms with Crippen LogP contribution in [0, 0.1) is 0 Å². The average molecular weight is 400 g/mol. The summed E-state index contributed by atoms with van der Waals surface area (Å²) >= 11 is 5.53. The van der Waals surface area contributed by atoms with Crippen molar-refractivity contribution in [2.24, 2.45) is 0 Å². The fourth-order valence-electron chi connectivity index (χ4n) is 1.95. The summed E-state index contributed by atoms with van der Waals surface area (Å²) in [5.74, 6) is -2.11. The second-order valence-electron chi connectivity index (χ2n) is 5.44. The largest absolute Gasteiger partial charge is 0.454 e. The van der Waals surface area contributed by atoms with Gasteiger partial charge in [0.05, 0.1) is 6.54 Å². The molecular weight excluding hydrogens is 382 g/mol. The topological polar surface area (TPSA) is 69.5 Å². The van der Waals surface area contributed by atoms with E-state index in [0.29, 0.717) is 34.6 Å². The van der Waals surface area contributed by atoms with Gasteiger partial charge in [-0.3, -0.25) is 15.6 Å². The van der Waals surface area contributed by atoms with Crippen molar-refractivity contribution in [1.82, 2.24) is 15.8 Å². The van der Waals surface area contributed by atoms with Gasteiger partial charge in [-0.15, -0.1) is 0 Å². The number of nitrogens with one attached hydrogen (secondary N) is 3. The summed E-state index contributed by atoms with van der Waals surface area (Å²) in [5, 5.41) is 2.98. The lowest BCUT2D eigenvalue weighted by Crippen LogP contribution is -2.43. The van der Waals surface area contributed by atoms with Crippen molar-refractivity contribution >= 4 is 40.7 Å². The van der Waals surface area contributed by atoms with E-state index in [1.807, 2.05) is 19.0 Å². The molecular formula is C16H18F2N4O2S2. The fraction of sp³-hybridized carbons (Fsp3) is 0.250. The monoisotopic (exact) mass is 400 g/mol. The number of rotatable bonds is 6. The summed E-state index contributed by atoms with van der Waals surface area (Å²) in [6.07, 6.45) is 0. The molecule has 2 rings (SSSR count). The molecule has 0 aliphatic rings. The molecule has 2 aromatic rings. The summed E-state index contributed by atoms with van der Waals surface area (Å²) in [4.78, 5) is 14.4. The van der Waals surface area contributed by atoms with Gasteiger partial charge in [0.2, 0.25) is 0 Å². The van der Waals surface area contributed by atoms with E-state index in [4.69, 9.17) is 16.6 Å². The van der Waals surface area contributed by atoms with Gasteiger partial charge in [0.15, 0.2) is 10.9 Å². The van der Waals surface area contributed by atoms with Crippen LogP contribution in [0.15, 0.2) is 45.7 Å². The Morgan fingerprint density at radius 3 is 2.50 bits per heavy atom. The number of hydrazine groups is 1. The molecule has 1 aromatic heterocycles. The zero-order valence-corrected chi connectivity index (χ0v) is 15.7. The van der Waals surface area contributed by atoms with Crippen LogP contribution in [-0.2, 0) is 6.54 Å². The molecule has 0 fully saturated rings. The van der Waals surface area contributed by atoms with Gasteiger partial charge in [-0.05, 0) is 62.7 Å². The summed E-state index contributed by atoms with van der Waals surface area (Å²) in [6, 6.07) is 9.63. The van der Waals surface area contributed by atoms with E-state index in [0.717, 1.165) is 0 Å². The Kier molecular flexibility index (Phi) is 7.37. The number of hydrogen-bond donors (Lipinski definition) is 3. The van der Waals surface area contributed by atoms with Gasteiger partial charge in [0.1, 0.15) is 5.76 Å². The first-order valence-corrected chi connectivity index (χ1v) is 8.78. The molecule has 0 saturated carbocycles. The third-order valence-corrected chi connectivity index (χ3v) is 3.91. The van der Waals surface area contributed by atoms with Crippen molar-refractivity contribution < 1.29 is 18.0 Å². The molecule has 6 nitrogen and oxygen atoms in total. The highest BCUT2D eigenvalue weighted by molar-refractivity contribution is 7.99. The molecule has 1 amide bonds. The lowest BCUT2D eigenvalue weighted by molar-refractivity contribution is 0.0913. The first-order chi connectivity index (χ1) is 12.3. The summed E-state index contributed by atoms with van der Waals surface area (Å²) in [7, 11) is 3.79. The number of benzene rings is 1. The van der Waals surface area contributed by atoms with Crippen LogP contribution >= 0.6 is 24.0 Å². The van der Waals surface area contributed by atoms with E-state index in [9.17, 15) is 13.6 Å². The first-order valence-electron chi connectivity index (χ1n) is 7.49. The molecule has 0 aliphatic carbocycles. The Balaban J connectivity index is 1.80. The second kappa shape index (κ2) is 9.51. The maximum atomic E-state index is 12.3. The van der Waals surface area contributed by atoms with Crippen molar-refractivity contribution in [3.63, 3.8) is 0 Å². The van der Waals surface area contributed by atoms with Crippen LogP contribution < -0.4 is 16.2 Å². The van der Waals surface area contributed by atoms with Crippen LogP contribution in [0.3, 0.4) is 0 Å². The van der Waals surface area contributed by atoms with E-state index in [-0.39, 0.29) is 10.9 Å². The van der Waals surface area contributed by atoms with Gasteiger partial charge < -0.3 is 14.6 Å². The zero-order valence-electron chi connectivity index (χ0n) is 14.1. The van der Waals surface area contributed by atoms with Gasteiger partial charge in [-0.2, -0.15) is 8.78 Å². The molecule has 0 bridgehead atoms. The number of anilines is 1. The standard InChI is InChI=1S/C16H18F2N4O2S2/c1-22(2)9-11-5-8-13(24-11)14(23)20-21-16(25)19-10-3-6-12(7-4-10)26-15(17)18/h3-8,15H,9H2,1-2H3,(H,20,23)(H2,19,21,25). The number of alkyl halides is 2. The van der Waals surface area contributed by atoms with E-state index < -0.39 is 11.7 Å². The Labute approximate surface area is 159 Å². The number of furan rings is 1. The Morgan fingerprint density at radius 1 is 1.19 bits per heavy atom. The Bertz CT molecular complexity index is 751. The number of thiocarbonyl (C=S) groups is 1. The molecule has 0 aliphatic heterocycles. The highest BCUT2D eigenvalue weighted by atomic mass is 32.2. The normalized spacial score (nSPS) is 10.8. The number of carbonyl (C=O) groups is 1. The lowest BCUT2D eigenvalue weighted by Gasteiger charge is -2.11. The van der Waals surface area contributed by atoms with E-state index in [1.54, 1.807) is 36.4 Å². The average Bonchev–Trinajstić information content (AvgIpc) is 3.02. The molecule has 0 unspecified atom stereocenters. The minimum Gasteiger partial charge on any atom is -0.454 e. The fourth-order valence-corrected chi connectivity index (χ4v) is 2.62. The quantitative estimate of drug-likeness (QED) is 0.391. The minimum absolute atomic E-state index is 0.146. The van der Waals surface area contributed by atoms with Crippen LogP contribution in [0.1, 0.15) is 16.3 Å². The molecule has 3 N–H and O–H groups in total. The van der Waals surface area contributed by atoms with Crippen LogP contribution in [0.2, 0.25) is 0 Å². The molecule has 10 heteroatoms. The summed E-state index contributed by atoms with van der Waals surface area (Å²) in [5.41, 5.74) is 5.57. The molecule has 0 atom stereocenters. The van der Waals surface area contributed by atoms with Gasteiger partial charge in [0.25, 0.3) is 5.76 Å². The van der Waals surface area contributed by atoms with Crippen molar-refractivity contribution in [2.75, 3.05) is 19.4 Å². The summed E-state index contributed by atoms with van der Waals surface area (Å²) < 4.78 is 30.0. The number of nitrogens with zero attached hydrogens (tertiary/aromatic N) is 1. The predicted molar refractivity (Wildman–Crippen MR) is 101 cm³/mol. The van der Waals surface area contributed by atoms with Crippen molar-refractivity contribution in [2.45, 2.75) is 17.2 Å². The molecule has 1 aromatic carbocycles. The Morgan fingerprint density at radius 2 is 1.88 bits per heavy atom. The van der Waals surface area contributed by atoms with Crippen molar-refractivity contribution in [3.05, 3.63) is 47.9 Å². The van der Waals surface area contributed by atoms with Gasteiger partial charge in [-0.1, -0.05) is 11.8 Å². The molecule has 0 saturated heterocycles. The molecule has 0 radical (unpaired) electrons. The number of halogens is 2. The van der Waals surface area contributed by atoms with Crippen LogP contribution in [0.25, 0.3) is 0 Å². The first kappa shape index (κ1) is 20.1. The smallest absolute Gasteiger partial charge is 0.305 e. The molecule has 26 heavy (non-hydrogen) atoms. The molecule has 140 valence electrons. The third kappa shape index (κ3) is 6.62. The van der Waals surface area contributed by atoms with E-state index in [1.165, 1.54) is 0 Å². The minimum atomic E-state index is -2.47. The maximum Gasteiger partial charge on any atom is 0.305 e. The lowest BCUT2D eigenvalue weighted by atomic mass is 10.3. The SMILES string of the molecule is CN(C)Cc1ccc(C(=O)NNC(=S)Nc2ccc(SC(F)F)cc2)o1. The van der Waals surface area contributed by atoms with E-state index >= 15 is 0 Å².